The van der Waals surface area contributed by atoms with E-state index >= 15 is 0 Å². The maximum Gasteiger partial charge on any atom is 0.335 e. The zero-order valence-electron chi connectivity index (χ0n) is 14.2. The van der Waals surface area contributed by atoms with Crippen LogP contribution in [0.25, 0.3) is 0 Å². The van der Waals surface area contributed by atoms with E-state index in [0.717, 1.165) is 11.1 Å². The number of carbonyl (C=O) groups is 2. The predicted molar refractivity (Wildman–Crippen MR) is 93.1 cm³/mol. The lowest BCUT2D eigenvalue weighted by Crippen LogP contribution is -2.23. The normalized spacial score (nSPS) is 10.2. The van der Waals surface area contributed by atoms with E-state index in [2.05, 4.69) is 5.32 Å². The van der Waals surface area contributed by atoms with Crippen molar-refractivity contribution in [2.75, 3.05) is 14.2 Å². The van der Waals surface area contributed by atoms with Gasteiger partial charge >= 0.3 is 5.97 Å². The van der Waals surface area contributed by atoms with Crippen LogP contribution in [0.2, 0.25) is 0 Å². The molecule has 132 valence electrons. The van der Waals surface area contributed by atoms with Crippen molar-refractivity contribution in [3.8, 4) is 11.5 Å². The van der Waals surface area contributed by atoms with Gasteiger partial charge in [-0.2, -0.15) is 0 Å². The molecule has 0 unspecified atom stereocenters. The highest BCUT2D eigenvalue weighted by Crippen LogP contribution is 2.23. The topological polar surface area (TPSA) is 84.9 Å². The third-order valence-electron chi connectivity index (χ3n) is 3.74. The van der Waals surface area contributed by atoms with Crippen molar-refractivity contribution in [3.63, 3.8) is 0 Å². The van der Waals surface area contributed by atoms with Crippen molar-refractivity contribution in [1.82, 2.24) is 5.32 Å². The van der Waals surface area contributed by atoms with Crippen LogP contribution in [-0.2, 0) is 17.8 Å². The maximum absolute atomic E-state index is 12.0. The molecule has 2 aromatic carbocycles. The van der Waals surface area contributed by atoms with Gasteiger partial charge in [0.15, 0.2) is 0 Å². The first-order valence-corrected chi connectivity index (χ1v) is 7.82. The number of amides is 1. The second-order valence-electron chi connectivity index (χ2n) is 5.50. The van der Waals surface area contributed by atoms with Crippen molar-refractivity contribution >= 4 is 11.9 Å². The number of ether oxygens (including phenoxy) is 2. The van der Waals surface area contributed by atoms with Crippen LogP contribution in [0.15, 0.2) is 42.5 Å². The van der Waals surface area contributed by atoms with Gasteiger partial charge in [-0.1, -0.05) is 12.1 Å². The number of hydrogen-bond donors (Lipinski definition) is 2. The average Bonchev–Trinajstić information content (AvgIpc) is 2.64. The number of rotatable bonds is 8. The molecule has 0 aromatic heterocycles. The minimum absolute atomic E-state index is 0.0795. The van der Waals surface area contributed by atoms with Crippen LogP contribution in [0.4, 0.5) is 0 Å². The molecule has 0 atom stereocenters. The third kappa shape index (κ3) is 5.53. The van der Waals surface area contributed by atoms with Gasteiger partial charge in [0.1, 0.15) is 11.5 Å². The minimum Gasteiger partial charge on any atom is -0.497 e. The molecule has 0 aliphatic rings. The lowest BCUT2D eigenvalue weighted by molar-refractivity contribution is -0.121. The van der Waals surface area contributed by atoms with Crippen LogP contribution in [0.3, 0.4) is 0 Å². The van der Waals surface area contributed by atoms with Gasteiger partial charge in [0.05, 0.1) is 19.8 Å². The first-order valence-electron chi connectivity index (χ1n) is 7.82. The summed E-state index contributed by atoms with van der Waals surface area (Å²) in [5.74, 6) is 0.329. The van der Waals surface area contributed by atoms with Gasteiger partial charge in [-0.05, 0) is 41.8 Å². The van der Waals surface area contributed by atoms with E-state index in [0.29, 0.717) is 30.9 Å². The Hall–Kier alpha value is -3.02. The molecular formula is C19H21NO5. The molecule has 25 heavy (non-hydrogen) atoms. The number of benzene rings is 2. The summed E-state index contributed by atoms with van der Waals surface area (Å²) >= 11 is 0. The quantitative estimate of drug-likeness (QED) is 0.770. The molecule has 0 spiro atoms. The number of hydrogen-bond acceptors (Lipinski definition) is 4. The Morgan fingerprint density at radius 1 is 0.960 bits per heavy atom. The van der Waals surface area contributed by atoms with Crippen molar-refractivity contribution in [2.24, 2.45) is 0 Å². The van der Waals surface area contributed by atoms with E-state index in [1.807, 2.05) is 12.1 Å². The second kappa shape index (κ2) is 8.73. The number of carboxylic acid groups (broad SMARTS) is 1. The number of carboxylic acids is 1. The number of carbonyl (C=O) groups excluding carboxylic acids is 1. The number of aromatic carboxylic acids is 1. The van der Waals surface area contributed by atoms with Gasteiger partial charge in [-0.15, -0.1) is 0 Å². The van der Waals surface area contributed by atoms with Gasteiger partial charge in [-0.3, -0.25) is 4.79 Å². The number of nitrogens with one attached hydrogen (secondary N) is 1. The van der Waals surface area contributed by atoms with Crippen molar-refractivity contribution in [1.29, 1.82) is 0 Å². The van der Waals surface area contributed by atoms with E-state index in [9.17, 15) is 9.59 Å². The third-order valence-corrected chi connectivity index (χ3v) is 3.74. The summed E-state index contributed by atoms with van der Waals surface area (Å²) in [6.07, 6.45) is 0.904. The van der Waals surface area contributed by atoms with E-state index in [1.54, 1.807) is 32.4 Å². The fraction of sp³-hybridized carbons (Fsp3) is 0.263. The smallest absolute Gasteiger partial charge is 0.335 e. The monoisotopic (exact) mass is 343 g/mol. The van der Waals surface area contributed by atoms with Gasteiger partial charge in [0.25, 0.3) is 0 Å². The van der Waals surface area contributed by atoms with Crippen LogP contribution >= 0.6 is 0 Å². The Balaban J connectivity index is 1.85. The summed E-state index contributed by atoms with van der Waals surface area (Å²) in [4.78, 5) is 22.8. The molecular weight excluding hydrogens is 322 g/mol. The van der Waals surface area contributed by atoms with E-state index < -0.39 is 5.97 Å². The molecule has 2 rings (SSSR count). The molecule has 0 aliphatic carbocycles. The lowest BCUT2D eigenvalue weighted by Gasteiger charge is -2.09. The predicted octanol–water partition coefficient (Wildman–Crippen LogP) is 2.65. The summed E-state index contributed by atoms with van der Waals surface area (Å²) in [7, 11) is 3.17. The Morgan fingerprint density at radius 3 is 2.08 bits per heavy atom. The van der Waals surface area contributed by atoms with Crippen LogP contribution in [0.5, 0.6) is 11.5 Å². The standard InChI is InChI=1S/C19H21NO5/c1-24-16-9-14(10-17(11-16)25-2)5-8-18(21)20-12-13-3-6-15(7-4-13)19(22)23/h3-4,6-7,9-11H,5,8,12H2,1-2H3,(H,20,21)(H,22,23). The van der Waals surface area contributed by atoms with Gasteiger partial charge in [0.2, 0.25) is 5.91 Å². The first kappa shape index (κ1) is 18.3. The summed E-state index contributed by atoms with van der Waals surface area (Å²) in [6.45, 7) is 0.361. The lowest BCUT2D eigenvalue weighted by atomic mass is 10.1. The molecule has 0 fully saturated rings. The van der Waals surface area contributed by atoms with Crippen LogP contribution in [-0.4, -0.2) is 31.2 Å². The zero-order chi connectivity index (χ0) is 18.2. The largest absolute Gasteiger partial charge is 0.497 e. The fourth-order valence-corrected chi connectivity index (χ4v) is 2.32. The minimum atomic E-state index is -0.968. The Morgan fingerprint density at radius 2 is 1.56 bits per heavy atom. The SMILES string of the molecule is COc1cc(CCC(=O)NCc2ccc(C(=O)O)cc2)cc(OC)c1. The number of aryl methyl sites for hydroxylation is 1. The van der Waals surface area contributed by atoms with Crippen molar-refractivity contribution in [2.45, 2.75) is 19.4 Å². The fourth-order valence-electron chi connectivity index (χ4n) is 2.32. The molecule has 0 saturated heterocycles. The second-order valence-corrected chi connectivity index (χ2v) is 5.50. The molecule has 0 radical (unpaired) electrons. The van der Waals surface area contributed by atoms with E-state index in [1.165, 1.54) is 12.1 Å². The molecule has 1 amide bonds. The van der Waals surface area contributed by atoms with Crippen molar-refractivity contribution in [3.05, 3.63) is 59.2 Å². The van der Waals surface area contributed by atoms with Crippen molar-refractivity contribution < 1.29 is 24.2 Å². The van der Waals surface area contributed by atoms with Gasteiger partial charge in [0, 0.05) is 19.0 Å². The molecule has 2 N–H and O–H groups in total. The molecule has 0 heterocycles. The van der Waals surface area contributed by atoms with Gasteiger partial charge in [-0.25, -0.2) is 4.79 Å². The van der Waals surface area contributed by atoms with E-state index in [4.69, 9.17) is 14.6 Å². The van der Waals surface area contributed by atoms with Crippen LogP contribution < -0.4 is 14.8 Å². The average molecular weight is 343 g/mol. The molecule has 6 heteroatoms. The number of methoxy groups -OCH3 is 2. The molecule has 6 nitrogen and oxygen atoms in total. The maximum atomic E-state index is 12.0. The zero-order valence-corrected chi connectivity index (χ0v) is 14.2. The molecule has 2 aromatic rings. The van der Waals surface area contributed by atoms with Gasteiger partial charge < -0.3 is 19.9 Å². The Bertz CT molecular complexity index is 718. The van der Waals surface area contributed by atoms with Crippen LogP contribution in [0, 0.1) is 0 Å². The highest BCUT2D eigenvalue weighted by Gasteiger charge is 2.07. The first-order chi connectivity index (χ1) is 12.0. The van der Waals surface area contributed by atoms with Crippen LogP contribution in [0.1, 0.15) is 27.9 Å². The summed E-state index contributed by atoms with van der Waals surface area (Å²) in [5, 5.41) is 11.7. The molecule has 0 bridgehead atoms. The summed E-state index contributed by atoms with van der Waals surface area (Å²) < 4.78 is 10.4. The Labute approximate surface area is 146 Å². The molecule has 0 aliphatic heterocycles. The summed E-state index contributed by atoms with van der Waals surface area (Å²) in [5.41, 5.74) is 2.03. The Kier molecular flexibility index (Phi) is 6.39. The van der Waals surface area contributed by atoms with E-state index in [-0.39, 0.29) is 11.5 Å². The highest BCUT2D eigenvalue weighted by molar-refractivity contribution is 5.87. The summed E-state index contributed by atoms with van der Waals surface area (Å²) in [6, 6.07) is 12.0. The molecule has 0 saturated carbocycles. The highest BCUT2D eigenvalue weighted by atomic mass is 16.5.